The second-order valence-electron chi connectivity index (χ2n) is 3.84. The molecule has 7 heteroatoms. The molecule has 1 aromatic rings. The van der Waals surface area contributed by atoms with Gasteiger partial charge in [0.1, 0.15) is 6.04 Å². The van der Waals surface area contributed by atoms with Crippen LogP contribution in [0.4, 0.5) is 0 Å². The maximum Gasteiger partial charge on any atom is 0.239 e. The van der Waals surface area contributed by atoms with E-state index in [9.17, 15) is 4.79 Å². The lowest BCUT2D eigenvalue weighted by atomic mass is 10.1. The van der Waals surface area contributed by atoms with Gasteiger partial charge < -0.3 is 15.8 Å². The quantitative estimate of drug-likeness (QED) is 0.805. The van der Waals surface area contributed by atoms with Crippen molar-refractivity contribution < 1.29 is 9.53 Å². The summed E-state index contributed by atoms with van der Waals surface area (Å²) in [5, 5.41) is 3.43. The highest BCUT2D eigenvalue weighted by Gasteiger charge is 2.12. The van der Waals surface area contributed by atoms with Crippen LogP contribution in [0.5, 0.6) is 0 Å². The Kier molecular flexibility index (Phi) is 9.39. The number of hydrogen-bond donors (Lipinski definition) is 2. The van der Waals surface area contributed by atoms with Crippen molar-refractivity contribution in [2.75, 3.05) is 20.3 Å². The van der Waals surface area contributed by atoms with Crippen molar-refractivity contribution >= 4 is 45.8 Å². The highest BCUT2D eigenvalue weighted by Crippen LogP contribution is 2.21. The van der Waals surface area contributed by atoms with Crippen molar-refractivity contribution in [2.45, 2.75) is 12.5 Å². The highest BCUT2D eigenvalue weighted by molar-refractivity contribution is 9.10. The number of hydrogen-bond acceptors (Lipinski definition) is 3. The lowest BCUT2D eigenvalue weighted by Crippen LogP contribution is -2.44. The van der Waals surface area contributed by atoms with Crippen molar-refractivity contribution in [2.24, 2.45) is 5.73 Å². The summed E-state index contributed by atoms with van der Waals surface area (Å²) in [7, 11) is 1.51. The molecule has 0 spiro atoms. The molecule has 108 valence electrons. The van der Waals surface area contributed by atoms with Gasteiger partial charge in [0.2, 0.25) is 5.91 Å². The van der Waals surface area contributed by atoms with E-state index < -0.39 is 6.04 Å². The summed E-state index contributed by atoms with van der Waals surface area (Å²) in [6.07, 6.45) is 0.687. The van der Waals surface area contributed by atoms with E-state index in [1.807, 2.05) is 18.2 Å². The molecule has 0 fully saturated rings. The van der Waals surface area contributed by atoms with Crippen molar-refractivity contribution in [3.8, 4) is 0 Å². The lowest BCUT2D eigenvalue weighted by molar-refractivity contribution is -0.123. The van der Waals surface area contributed by atoms with Gasteiger partial charge >= 0.3 is 0 Å². The van der Waals surface area contributed by atoms with Gasteiger partial charge in [-0.2, -0.15) is 0 Å². The first-order chi connectivity index (χ1) is 8.54. The van der Waals surface area contributed by atoms with Crippen LogP contribution in [0.2, 0.25) is 5.02 Å². The largest absolute Gasteiger partial charge is 0.383 e. The Morgan fingerprint density at radius 2 is 2.26 bits per heavy atom. The molecule has 0 aliphatic heterocycles. The second kappa shape index (κ2) is 9.55. The number of ether oxygens (including phenoxy) is 1. The van der Waals surface area contributed by atoms with E-state index in [1.54, 1.807) is 0 Å². The minimum atomic E-state index is -0.627. The average Bonchev–Trinajstić information content (AvgIpc) is 2.33. The van der Waals surface area contributed by atoms with Gasteiger partial charge in [-0.15, -0.1) is 12.4 Å². The number of nitrogens with one attached hydrogen (secondary N) is 1. The Balaban J connectivity index is 0.00000324. The van der Waals surface area contributed by atoms with Gasteiger partial charge in [0.05, 0.1) is 6.61 Å². The molecule has 0 aliphatic rings. The number of benzene rings is 1. The number of halogens is 3. The van der Waals surface area contributed by atoms with Crippen LogP contribution in [0.3, 0.4) is 0 Å². The van der Waals surface area contributed by atoms with E-state index in [0.29, 0.717) is 18.0 Å². The highest BCUT2D eigenvalue weighted by atomic mass is 79.9. The fourth-order valence-electron chi connectivity index (χ4n) is 1.44. The number of carbonyl (C=O) groups excluding carboxylic acids is 1. The molecule has 4 nitrogen and oxygen atoms in total. The van der Waals surface area contributed by atoms with E-state index in [0.717, 1.165) is 10.0 Å². The molecule has 1 unspecified atom stereocenters. The minimum Gasteiger partial charge on any atom is -0.383 e. The molecule has 0 bridgehead atoms. The third-order valence-corrected chi connectivity index (χ3v) is 3.39. The lowest BCUT2D eigenvalue weighted by Gasteiger charge is -2.11. The van der Waals surface area contributed by atoms with Crippen LogP contribution in [0.15, 0.2) is 22.7 Å². The van der Waals surface area contributed by atoms with E-state index in [4.69, 9.17) is 22.1 Å². The Hall–Kier alpha value is -0.330. The fourth-order valence-corrected chi connectivity index (χ4v) is 2.08. The molecule has 1 aromatic carbocycles. The van der Waals surface area contributed by atoms with Gasteiger partial charge in [-0.1, -0.05) is 27.5 Å². The summed E-state index contributed by atoms with van der Waals surface area (Å²) in [6, 6.07) is 4.93. The maximum absolute atomic E-state index is 11.5. The minimum absolute atomic E-state index is 0. The smallest absolute Gasteiger partial charge is 0.239 e. The van der Waals surface area contributed by atoms with Gasteiger partial charge in [-0.3, -0.25) is 4.79 Å². The van der Waals surface area contributed by atoms with Crippen molar-refractivity contribution in [3.63, 3.8) is 0 Å². The molecule has 19 heavy (non-hydrogen) atoms. The molecule has 1 amide bonds. The van der Waals surface area contributed by atoms with Crippen molar-refractivity contribution in [1.29, 1.82) is 0 Å². The van der Waals surface area contributed by atoms with Gasteiger partial charge in [-0.25, -0.2) is 0 Å². The van der Waals surface area contributed by atoms with Crippen LogP contribution in [0.25, 0.3) is 0 Å². The molecule has 0 aromatic heterocycles. The summed E-state index contributed by atoms with van der Waals surface area (Å²) in [5.74, 6) is -0.213. The molecule has 1 atom stereocenters. The Bertz CT molecular complexity index is 419. The van der Waals surface area contributed by atoms with Gasteiger partial charge in [0.15, 0.2) is 0 Å². The first-order valence-electron chi connectivity index (χ1n) is 5.50. The number of amides is 1. The molecule has 1 rings (SSSR count). The van der Waals surface area contributed by atoms with E-state index in [-0.39, 0.29) is 24.9 Å². The molecule has 0 heterocycles. The van der Waals surface area contributed by atoms with Crippen LogP contribution in [0.1, 0.15) is 5.56 Å². The van der Waals surface area contributed by atoms with E-state index in [1.165, 1.54) is 7.11 Å². The topological polar surface area (TPSA) is 64.3 Å². The van der Waals surface area contributed by atoms with Crippen LogP contribution < -0.4 is 11.1 Å². The third-order valence-electron chi connectivity index (χ3n) is 2.38. The second-order valence-corrected chi connectivity index (χ2v) is 5.13. The molecule has 0 saturated heterocycles. The fraction of sp³-hybridized carbons (Fsp3) is 0.417. The zero-order valence-corrected chi connectivity index (χ0v) is 13.6. The van der Waals surface area contributed by atoms with Crippen LogP contribution in [-0.2, 0) is 16.0 Å². The number of carbonyl (C=O) groups is 1. The normalized spacial score (nSPS) is 11.6. The molecule has 0 aliphatic carbocycles. The molecule has 3 N–H and O–H groups in total. The van der Waals surface area contributed by atoms with Gasteiger partial charge in [0, 0.05) is 23.1 Å². The Morgan fingerprint density at radius 1 is 1.58 bits per heavy atom. The number of nitrogens with two attached hydrogens (primary N) is 1. The third kappa shape index (κ3) is 6.58. The van der Waals surface area contributed by atoms with Crippen LogP contribution in [-0.4, -0.2) is 32.2 Å². The zero-order chi connectivity index (χ0) is 13.5. The van der Waals surface area contributed by atoms with Crippen LogP contribution >= 0.6 is 39.9 Å². The van der Waals surface area contributed by atoms with E-state index in [2.05, 4.69) is 21.2 Å². The van der Waals surface area contributed by atoms with Gasteiger partial charge in [-0.05, 0) is 30.2 Å². The average molecular weight is 372 g/mol. The summed E-state index contributed by atoms with van der Waals surface area (Å²) >= 11 is 9.34. The SMILES string of the molecule is COCC(N)C(=O)NCCc1cc(Cl)ccc1Br.Cl. The Morgan fingerprint density at radius 3 is 2.89 bits per heavy atom. The molecular weight excluding hydrogens is 355 g/mol. The number of rotatable bonds is 6. The first kappa shape index (κ1) is 18.7. The summed E-state index contributed by atoms with van der Waals surface area (Å²) < 4.78 is 5.79. The van der Waals surface area contributed by atoms with Crippen molar-refractivity contribution in [1.82, 2.24) is 5.32 Å². The molecule has 0 saturated carbocycles. The monoisotopic (exact) mass is 370 g/mol. The standard InChI is InChI=1S/C12H16BrClN2O2.ClH/c1-18-7-11(15)12(17)16-5-4-8-6-9(14)2-3-10(8)13;/h2-3,6,11H,4-5,7,15H2,1H3,(H,16,17);1H. The predicted molar refractivity (Wildman–Crippen MR) is 83.0 cm³/mol. The molecule has 0 radical (unpaired) electrons. The van der Waals surface area contributed by atoms with Gasteiger partial charge in [0.25, 0.3) is 0 Å². The zero-order valence-electron chi connectivity index (χ0n) is 10.5. The predicted octanol–water partition coefficient (Wildman–Crippen LogP) is 2.16. The first-order valence-corrected chi connectivity index (χ1v) is 6.68. The summed E-state index contributed by atoms with van der Waals surface area (Å²) in [6.45, 7) is 0.724. The van der Waals surface area contributed by atoms with Crippen LogP contribution in [0, 0.1) is 0 Å². The van der Waals surface area contributed by atoms with E-state index >= 15 is 0 Å². The molecular formula is C12H17BrCl2N2O2. The summed E-state index contributed by atoms with van der Waals surface area (Å²) in [4.78, 5) is 11.5. The maximum atomic E-state index is 11.5. The summed E-state index contributed by atoms with van der Waals surface area (Å²) in [5.41, 5.74) is 6.64. The van der Waals surface area contributed by atoms with Crippen molar-refractivity contribution in [3.05, 3.63) is 33.3 Å². The Labute approximate surface area is 132 Å². The number of methoxy groups -OCH3 is 1.